The Morgan fingerprint density at radius 2 is 1.58 bits per heavy atom. The molecule has 0 heterocycles. The first kappa shape index (κ1) is 20.6. The van der Waals surface area contributed by atoms with Gasteiger partial charge in [-0.2, -0.15) is 0 Å². The van der Waals surface area contributed by atoms with Crippen LogP contribution >= 0.6 is 0 Å². The fraction of sp³-hybridized carbons (Fsp3) is 0.765. The molecule has 0 saturated heterocycles. The molecule has 0 rings (SSSR count). The van der Waals surface area contributed by atoms with Gasteiger partial charge in [0, 0.05) is 18.3 Å². The van der Waals surface area contributed by atoms with Crippen molar-refractivity contribution in [1.29, 1.82) is 0 Å². The van der Waals surface area contributed by atoms with Gasteiger partial charge in [0.2, 0.25) is 0 Å². The summed E-state index contributed by atoms with van der Waals surface area (Å²) in [7, 11) is 2.02. The Hall–Kier alpha value is -0.760. The molecule has 0 aliphatic rings. The third-order valence-corrected chi connectivity index (χ3v) is 3.60. The molecule has 1 atom stereocenters. The van der Waals surface area contributed by atoms with Crippen molar-refractivity contribution in [2.75, 3.05) is 13.6 Å². The molecule has 0 spiro atoms. The second-order valence-electron chi connectivity index (χ2n) is 6.89. The molecule has 0 radical (unpaired) electrons. The highest BCUT2D eigenvalue weighted by Gasteiger charge is 2.23. The molecule has 0 aliphatic carbocycles. The predicted octanol–water partition coefficient (Wildman–Crippen LogP) is 4.35. The van der Waals surface area contributed by atoms with E-state index in [9.17, 15) is 0 Å². The maximum Gasteiger partial charge on any atom is 0.0302 e. The predicted molar refractivity (Wildman–Crippen MR) is 89.4 cm³/mol. The van der Waals surface area contributed by atoms with Gasteiger partial charge < -0.3 is 10.6 Å². The van der Waals surface area contributed by atoms with E-state index in [4.69, 9.17) is 0 Å². The smallest absolute Gasteiger partial charge is 0.0302 e. The largest absolute Gasteiger partial charge is 0.387 e. The fourth-order valence-electron chi connectivity index (χ4n) is 1.85. The van der Waals surface area contributed by atoms with Crippen molar-refractivity contribution in [3.05, 3.63) is 25.4 Å². The summed E-state index contributed by atoms with van der Waals surface area (Å²) in [6.07, 6.45) is 2.23. The Kier molecular flexibility index (Phi) is 9.95. The zero-order valence-corrected chi connectivity index (χ0v) is 14.3. The normalized spacial score (nSPS) is 13.2. The average molecular weight is 268 g/mol. The molecule has 1 unspecified atom stereocenters. The number of rotatable bonds is 7. The number of nitrogens with one attached hydrogen (secondary N) is 2. The van der Waals surface area contributed by atoms with Crippen LogP contribution in [0.15, 0.2) is 25.4 Å². The summed E-state index contributed by atoms with van der Waals surface area (Å²) in [6, 6.07) is 0.462. The van der Waals surface area contributed by atoms with Gasteiger partial charge in [-0.25, -0.2) is 0 Å². The minimum atomic E-state index is 0.266. The summed E-state index contributed by atoms with van der Waals surface area (Å²) >= 11 is 0. The van der Waals surface area contributed by atoms with E-state index in [1.54, 1.807) is 0 Å². The van der Waals surface area contributed by atoms with Gasteiger partial charge in [0.1, 0.15) is 0 Å². The molecule has 2 N–H and O–H groups in total. The van der Waals surface area contributed by atoms with Crippen LogP contribution in [0.4, 0.5) is 0 Å². The van der Waals surface area contributed by atoms with Crippen LogP contribution in [-0.2, 0) is 0 Å². The zero-order chi connectivity index (χ0) is 15.7. The highest BCUT2D eigenvalue weighted by Crippen LogP contribution is 2.27. The van der Waals surface area contributed by atoms with E-state index in [0.29, 0.717) is 11.5 Å². The van der Waals surface area contributed by atoms with Crippen molar-refractivity contribution in [2.24, 2.45) is 10.8 Å². The Morgan fingerprint density at radius 1 is 1.11 bits per heavy atom. The quantitative estimate of drug-likeness (QED) is 0.671. The van der Waals surface area contributed by atoms with Crippen LogP contribution in [0.25, 0.3) is 0 Å². The monoisotopic (exact) mass is 268 g/mol. The molecule has 0 amide bonds. The van der Waals surface area contributed by atoms with Crippen molar-refractivity contribution in [3.63, 3.8) is 0 Å². The van der Waals surface area contributed by atoms with Gasteiger partial charge in [-0.15, -0.1) is 13.2 Å². The van der Waals surface area contributed by atoms with Gasteiger partial charge >= 0.3 is 0 Å². The molecule has 114 valence electrons. The summed E-state index contributed by atoms with van der Waals surface area (Å²) in [5, 5.41) is 6.84. The van der Waals surface area contributed by atoms with Crippen molar-refractivity contribution >= 4 is 0 Å². The highest BCUT2D eigenvalue weighted by molar-refractivity contribution is 4.97. The molecule has 0 aliphatic heterocycles. The molecule has 2 heteroatoms. The van der Waals surface area contributed by atoms with E-state index in [1.807, 2.05) is 7.05 Å². The van der Waals surface area contributed by atoms with E-state index in [0.717, 1.165) is 18.7 Å². The van der Waals surface area contributed by atoms with E-state index >= 15 is 0 Å². The standard InChI is InChI=1S/C15H32N2.C2H4/c1-9-15(6,7)10-12(2)17-11-13(16-8)14(3,4)5;1-2/h13,16-17H,2,9-11H2,1,3-8H3;1-2H2. The van der Waals surface area contributed by atoms with Gasteiger partial charge in [-0.05, 0) is 24.3 Å². The third kappa shape index (κ3) is 9.77. The van der Waals surface area contributed by atoms with E-state index in [2.05, 4.69) is 71.9 Å². The van der Waals surface area contributed by atoms with E-state index in [1.165, 1.54) is 6.42 Å². The van der Waals surface area contributed by atoms with Crippen LogP contribution in [0.3, 0.4) is 0 Å². The van der Waals surface area contributed by atoms with Gasteiger partial charge in [0.05, 0.1) is 0 Å². The SMILES string of the molecule is C=C.C=C(CC(C)(C)CC)NCC(NC)C(C)(C)C. The zero-order valence-electron chi connectivity index (χ0n) is 14.3. The Labute approximate surface area is 121 Å². The average Bonchev–Trinajstić information content (AvgIpc) is 2.30. The molecule has 0 bridgehead atoms. The second kappa shape index (κ2) is 9.19. The molecule has 0 saturated carbocycles. The second-order valence-corrected chi connectivity index (χ2v) is 6.89. The lowest BCUT2D eigenvalue weighted by Crippen LogP contribution is -2.45. The summed E-state index contributed by atoms with van der Waals surface area (Å²) in [4.78, 5) is 0. The summed E-state index contributed by atoms with van der Waals surface area (Å²) in [5.41, 5.74) is 1.77. The first-order valence-corrected chi connectivity index (χ1v) is 7.21. The summed E-state index contributed by atoms with van der Waals surface area (Å²) < 4.78 is 0. The van der Waals surface area contributed by atoms with Gasteiger partial charge in [-0.3, -0.25) is 0 Å². The van der Waals surface area contributed by atoms with Crippen molar-refractivity contribution in [2.45, 2.75) is 60.4 Å². The third-order valence-electron chi connectivity index (χ3n) is 3.60. The minimum Gasteiger partial charge on any atom is -0.387 e. The van der Waals surface area contributed by atoms with Crippen molar-refractivity contribution in [1.82, 2.24) is 10.6 Å². The van der Waals surface area contributed by atoms with Crippen molar-refractivity contribution in [3.8, 4) is 0 Å². The minimum absolute atomic E-state index is 0.266. The Bertz CT molecular complexity index is 248. The molecule has 0 aromatic rings. The van der Waals surface area contributed by atoms with Crippen LogP contribution in [-0.4, -0.2) is 19.6 Å². The van der Waals surface area contributed by atoms with Gasteiger partial charge in [-0.1, -0.05) is 54.5 Å². The van der Waals surface area contributed by atoms with E-state index < -0.39 is 0 Å². The van der Waals surface area contributed by atoms with Crippen LogP contribution in [0.5, 0.6) is 0 Å². The van der Waals surface area contributed by atoms with Gasteiger partial charge in [0.25, 0.3) is 0 Å². The molecule has 0 fully saturated rings. The maximum atomic E-state index is 4.14. The van der Waals surface area contributed by atoms with Crippen LogP contribution in [0.1, 0.15) is 54.4 Å². The lowest BCUT2D eigenvalue weighted by Gasteiger charge is -2.32. The first-order chi connectivity index (χ1) is 8.62. The molecule has 2 nitrogen and oxygen atoms in total. The molecular weight excluding hydrogens is 232 g/mol. The van der Waals surface area contributed by atoms with Crippen LogP contribution in [0.2, 0.25) is 0 Å². The molecule has 0 aromatic carbocycles. The number of allylic oxidation sites excluding steroid dienone is 1. The summed E-state index contributed by atoms with van der Waals surface area (Å²) in [6.45, 7) is 24.7. The molecule has 0 aromatic heterocycles. The van der Waals surface area contributed by atoms with Crippen molar-refractivity contribution < 1.29 is 0 Å². The number of hydrogen-bond acceptors (Lipinski definition) is 2. The molecule has 19 heavy (non-hydrogen) atoms. The Morgan fingerprint density at radius 3 is 1.89 bits per heavy atom. The van der Waals surface area contributed by atoms with Crippen LogP contribution < -0.4 is 10.6 Å². The summed E-state index contributed by atoms with van der Waals surface area (Å²) in [5.74, 6) is 0. The first-order valence-electron chi connectivity index (χ1n) is 7.21. The van der Waals surface area contributed by atoms with E-state index in [-0.39, 0.29) is 5.41 Å². The lowest BCUT2D eigenvalue weighted by atomic mass is 9.84. The molecular formula is C17H36N2. The fourth-order valence-corrected chi connectivity index (χ4v) is 1.85. The number of hydrogen-bond donors (Lipinski definition) is 2. The van der Waals surface area contributed by atoms with Gasteiger partial charge in [0.15, 0.2) is 0 Å². The maximum absolute atomic E-state index is 4.14. The van der Waals surface area contributed by atoms with Crippen LogP contribution in [0, 0.1) is 10.8 Å². The topological polar surface area (TPSA) is 24.1 Å². The Balaban J connectivity index is 0. The number of likely N-dealkylation sites (N-methyl/N-ethyl adjacent to an activating group) is 1. The highest BCUT2D eigenvalue weighted by atomic mass is 15.0. The lowest BCUT2D eigenvalue weighted by molar-refractivity contribution is 0.272.